The molecule has 0 amide bonds. The van der Waals surface area contributed by atoms with Gasteiger partial charge in [0, 0.05) is 0 Å². The van der Waals surface area contributed by atoms with Crippen LogP contribution in [0.15, 0.2) is 47.8 Å². The summed E-state index contributed by atoms with van der Waals surface area (Å²) in [7, 11) is 0. The van der Waals surface area contributed by atoms with E-state index in [-0.39, 0.29) is 0 Å². The maximum atomic E-state index is 5.33. The first kappa shape index (κ1) is 12.8. The molecule has 0 aromatic carbocycles. The number of hydrogen-bond acceptors (Lipinski definition) is 1. The normalized spacial score (nSPS) is 13.4. The van der Waals surface area contributed by atoms with E-state index in [4.69, 9.17) is 4.74 Å². The Bertz CT molecular complexity index is 267. The van der Waals surface area contributed by atoms with Gasteiger partial charge < -0.3 is 4.74 Å². The van der Waals surface area contributed by atoms with Crippen molar-refractivity contribution in [3.63, 3.8) is 0 Å². The van der Waals surface area contributed by atoms with Crippen molar-refractivity contribution in [2.45, 2.75) is 27.7 Å². The van der Waals surface area contributed by atoms with Crippen molar-refractivity contribution in [1.29, 1.82) is 0 Å². The molecule has 0 aliphatic carbocycles. The summed E-state index contributed by atoms with van der Waals surface area (Å²) in [5, 5.41) is 0. The maximum Gasteiger partial charge on any atom is 0.0934 e. The number of rotatable bonds is 5. The molecule has 0 unspecified atom stereocenters. The molecular weight excluding hydrogens is 172 g/mol. The quantitative estimate of drug-likeness (QED) is 0.472. The molecule has 0 fully saturated rings. The van der Waals surface area contributed by atoms with Crippen molar-refractivity contribution in [2.75, 3.05) is 6.61 Å². The van der Waals surface area contributed by atoms with Crippen molar-refractivity contribution in [3.05, 3.63) is 47.8 Å². The highest BCUT2D eigenvalue weighted by molar-refractivity contribution is 5.44. The molecule has 0 aromatic heterocycles. The second-order valence-electron chi connectivity index (χ2n) is 2.96. The van der Waals surface area contributed by atoms with Crippen LogP contribution >= 0.6 is 0 Å². The van der Waals surface area contributed by atoms with Crippen LogP contribution in [0, 0.1) is 0 Å². The minimum atomic E-state index is 0.699. The van der Waals surface area contributed by atoms with E-state index < -0.39 is 0 Å². The largest absolute Gasteiger partial charge is 0.499 e. The Morgan fingerprint density at radius 2 is 2.00 bits per heavy atom. The third-order valence-electron chi connectivity index (χ3n) is 1.78. The molecule has 1 nitrogen and oxygen atoms in total. The molecule has 14 heavy (non-hydrogen) atoms. The van der Waals surface area contributed by atoms with Crippen molar-refractivity contribution in [2.24, 2.45) is 0 Å². The third-order valence-corrected chi connectivity index (χ3v) is 1.78. The van der Waals surface area contributed by atoms with E-state index in [2.05, 4.69) is 6.58 Å². The molecule has 0 aliphatic rings. The lowest BCUT2D eigenvalue weighted by Gasteiger charge is -2.05. The van der Waals surface area contributed by atoms with Gasteiger partial charge in [0.05, 0.1) is 12.4 Å². The molecule has 0 spiro atoms. The zero-order chi connectivity index (χ0) is 11.0. The molecular formula is C13H20O. The topological polar surface area (TPSA) is 9.23 Å². The SMILES string of the molecule is C=C(/C=C(\C)OCC)C(/C=C\C)=C/C. The first-order valence-electron chi connectivity index (χ1n) is 4.95. The van der Waals surface area contributed by atoms with Crippen LogP contribution in [-0.4, -0.2) is 6.61 Å². The van der Waals surface area contributed by atoms with E-state index in [0.29, 0.717) is 6.61 Å². The lowest BCUT2D eigenvalue weighted by molar-refractivity contribution is 0.231. The van der Waals surface area contributed by atoms with E-state index in [1.165, 1.54) is 0 Å². The van der Waals surface area contributed by atoms with E-state index in [1.807, 2.05) is 52.0 Å². The van der Waals surface area contributed by atoms with Crippen LogP contribution in [0.1, 0.15) is 27.7 Å². The van der Waals surface area contributed by atoms with Gasteiger partial charge in [0.25, 0.3) is 0 Å². The van der Waals surface area contributed by atoms with Crippen molar-refractivity contribution < 1.29 is 4.74 Å². The van der Waals surface area contributed by atoms with Gasteiger partial charge in [0.1, 0.15) is 0 Å². The highest BCUT2D eigenvalue weighted by Crippen LogP contribution is 2.13. The summed E-state index contributed by atoms with van der Waals surface area (Å²) in [5.41, 5.74) is 2.11. The fourth-order valence-electron chi connectivity index (χ4n) is 1.17. The van der Waals surface area contributed by atoms with E-state index >= 15 is 0 Å². The van der Waals surface area contributed by atoms with Crippen molar-refractivity contribution >= 4 is 0 Å². The molecule has 0 saturated carbocycles. The molecule has 1 heteroatoms. The highest BCUT2D eigenvalue weighted by Gasteiger charge is 1.95. The van der Waals surface area contributed by atoms with Crippen LogP contribution < -0.4 is 0 Å². The van der Waals surface area contributed by atoms with Crippen LogP contribution in [0.3, 0.4) is 0 Å². The van der Waals surface area contributed by atoms with Crippen molar-refractivity contribution in [1.82, 2.24) is 0 Å². The minimum Gasteiger partial charge on any atom is -0.499 e. The molecule has 0 saturated heterocycles. The van der Waals surface area contributed by atoms with Gasteiger partial charge in [0.2, 0.25) is 0 Å². The standard InChI is InChI=1S/C13H20O/c1-6-9-13(7-2)11(4)10-12(5)14-8-3/h6-7,9-10H,4,8H2,1-3,5H3/b9-6-,12-10+,13-7+. The number of ether oxygens (including phenoxy) is 1. The summed E-state index contributed by atoms with van der Waals surface area (Å²) in [4.78, 5) is 0. The molecule has 0 rings (SSSR count). The van der Waals surface area contributed by atoms with Gasteiger partial charge in [-0.05, 0) is 44.9 Å². The van der Waals surface area contributed by atoms with Crippen LogP contribution in [0.5, 0.6) is 0 Å². The number of allylic oxidation sites excluding steroid dienone is 7. The Balaban J connectivity index is 4.54. The molecule has 0 aliphatic heterocycles. The fourth-order valence-corrected chi connectivity index (χ4v) is 1.17. The monoisotopic (exact) mass is 192 g/mol. The summed E-state index contributed by atoms with van der Waals surface area (Å²) >= 11 is 0. The van der Waals surface area contributed by atoms with Gasteiger partial charge in [-0.15, -0.1) is 0 Å². The predicted octanol–water partition coefficient (Wildman–Crippen LogP) is 4.01. The summed E-state index contributed by atoms with van der Waals surface area (Å²) in [6, 6.07) is 0. The van der Waals surface area contributed by atoms with Crippen LogP contribution in [0.4, 0.5) is 0 Å². The average Bonchev–Trinajstić information content (AvgIpc) is 2.14. The number of hydrogen-bond donors (Lipinski definition) is 0. The second-order valence-corrected chi connectivity index (χ2v) is 2.96. The Hall–Kier alpha value is -1.24. The highest BCUT2D eigenvalue weighted by atomic mass is 16.5. The molecule has 0 heterocycles. The first-order valence-corrected chi connectivity index (χ1v) is 4.95. The van der Waals surface area contributed by atoms with Gasteiger partial charge >= 0.3 is 0 Å². The van der Waals surface area contributed by atoms with Gasteiger partial charge in [0.15, 0.2) is 0 Å². The van der Waals surface area contributed by atoms with Crippen LogP contribution in [0.2, 0.25) is 0 Å². The summed E-state index contributed by atoms with van der Waals surface area (Å²) in [6.45, 7) is 12.6. The fraction of sp³-hybridized carbons (Fsp3) is 0.385. The maximum absolute atomic E-state index is 5.33. The molecule has 78 valence electrons. The molecule has 0 atom stereocenters. The van der Waals surface area contributed by atoms with E-state index in [9.17, 15) is 0 Å². The summed E-state index contributed by atoms with van der Waals surface area (Å²) in [5.74, 6) is 0.904. The Morgan fingerprint density at radius 3 is 2.43 bits per heavy atom. The van der Waals surface area contributed by atoms with Gasteiger partial charge in [-0.2, -0.15) is 0 Å². The van der Waals surface area contributed by atoms with Gasteiger partial charge in [-0.1, -0.05) is 24.8 Å². The molecule has 0 aromatic rings. The third kappa shape index (κ3) is 4.70. The molecule has 0 bridgehead atoms. The molecule has 0 radical (unpaired) electrons. The van der Waals surface area contributed by atoms with Gasteiger partial charge in [-0.3, -0.25) is 0 Å². The Kier molecular flexibility index (Phi) is 6.55. The summed E-state index contributed by atoms with van der Waals surface area (Å²) in [6.07, 6.45) is 8.04. The van der Waals surface area contributed by atoms with Crippen LogP contribution in [0.25, 0.3) is 0 Å². The van der Waals surface area contributed by atoms with E-state index in [1.54, 1.807) is 0 Å². The van der Waals surface area contributed by atoms with Crippen molar-refractivity contribution in [3.8, 4) is 0 Å². The Labute approximate surface area is 87.5 Å². The first-order chi connectivity index (χ1) is 6.65. The van der Waals surface area contributed by atoms with E-state index in [0.717, 1.165) is 16.9 Å². The van der Waals surface area contributed by atoms with Gasteiger partial charge in [-0.25, -0.2) is 0 Å². The zero-order valence-corrected chi connectivity index (χ0v) is 9.63. The average molecular weight is 192 g/mol. The lowest BCUT2D eigenvalue weighted by atomic mass is 10.1. The predicted molar refractivity (Wildman–Crippen MR) is 63.1 cm³/mol. The lowest BCUT2D eigenvalue weighted by Crippen LogP contribution is -1.89. The summed E-state index contributed by atoms with van der Waals surface area (Å²) < 4.78 is 5.33. The smallest absolute Gasteiger partial charge is 0.0934 e. The Morgan fingerprint density at radius 1 is 1.36 bits per heavy atom. The minimum absolute atomic E-state index is 0.699. The van der Waals surface area contributed by atoms with Crippen LogP contribution in [-0.2, 0) is 4.74 Å². The zero-order valence-electron chi connectivity index (χ0n) is 9.63. The molecule has 0 N–H and O–H groups in total. The second kappa shape index (κ2) is 7.19.